The van der Waals surface area contributed by atoms with Crippen LogP contribution in [0, 0.1) is 5.82 Å². The third kappa shape index (κ3) is 6.15. The van der Waals surface area contributed by atoms with Gasteiger partial charge >= 0.3 is 6.03 Å². The molecular weight excluding hydrogens is 495 g/mol. The lowest BCUT2D eigenvalue weighted by molar-refractivity contribution is 0.0384. The topological polar surface area (TPSA) is 104 Å². The minimum atomic E-state index is -0.768. The average molecular weight is 521 g/mol. The molecule has 11 heteroatoms. The van der Waals surface area contributed by atoms with Crippen molar-refractivity contribution >= 4 is 28.7 Å². The fraction of sp³-hybridized carbons (Fsp3) is 0.231. The van der Waals surface area contributed by atoms with Crippen LogP contribution in [0.15, 0.2) is 67.1 Å². The number of morpholine rings is 1. The Morgan fingerprint density at radius 3 is 2.73 bits per heavy atom. The molecule has 9 nitrogen and oxygen atoms in total. The van der Waals surface area contributed by atoms with Crippen molar-refractivity contribution in [1.29, 1.82) is 0 Å². The van der Waals surface area contributed by atoms with Gasteiger partial charge in [-0.25, -0.2) is 24.1 Å². The van der Waals surface area contributed by atoms with Crippen LogP contribution in [0.5, 0.6) is 0 Å². The molecule has 1 saturated heterocycles. The zero-order valence-electron chi connectivity index (χ0n) is 19.9. The van der Waals surface area contributed by atoms with E-state index in [4.69, 9.17) is 9.72 Å². The highest BCUT2D eigenvalue weighted by atomic mass is 32.1. The summed E-state index contributed by atoms with van der Waals surface area (Å²) in [6.07, 6.45) is 3.94. The number of hydroxylamine groups is 1. The van der Waals surface area contributed by atoms with E-state index >= 15 is 0 Å². The first kappa shape index (κ1) is 24.9. The van der Waals surface area contributed by atoms with Crippen molar-refractivity contribution in [1.82, 2.24) is 19.9 Å². The number of nitrogens with zero attached hydrogens (tertiary/aromatic N) is 5. The lowest BCUT2D eigenvalue weighted by Crippen LogP contribution is -2.37. The first-order chi connectivity index (χ1) is 18.1. The molecule has 0 saturated carbocycles. The number of hydrogen-bond donors (Lipinski definition) is 2. The number of thiazole rings is 1. The van der Waals surface area contributed by atoms with Gasteiger partial charge < -0.3 is 10.1 Å². The summed E-state index contributed by atoms with van der Waals surface area (Å²) < 4.78 is 18.6. The highest BCUT2D eigenvalue weighted by Crippen LogP contribution is 2.37. The first-order valence-corrected chi connectivity index (χ1v) is 12.6. The van der Waals surface area contributed by atoms with E-state index in [2.05, 4.69) is 20.2 Å². The minimum absolute atomic E-state index is 0.272. The Balaban J connectivity index is 1.39. The van der Waals surface area contributed by atoms with Gasteiger partial charge in [0.2, 0.25) is 0 Å². The number of amides is 2. The normalized spacial score (nSPS) is 13.9. The van der Waals surface area contributed by atoms with Crippen LogP contribution in [0.4, 0.5) is 20.6 Å². The summed E-state index contributed by atoms with van der Waals surface area (Å²) in [7, 11) is 0. The molecule has 1 fully saturated rings. The lowest BCUT2D eigenvalue weighted by Gasteiger charge is -2.25. The summed E-state index contributed by atoms with van der Waals surface area (Å²) >= 11 is 1.56. The summed E-state index contributed by atoms with van der Waals surface area (Å²) in [5, 5.41) is 14.6. The Labute approximate surface area is 217 Å². The van der Waals surface area contributed by atoms with Crippen molar-refractivity contribution in [2.75, 3.05) is 43.2 Å². The van der Waals surface area contributed by atoms with E-state index in [1.54, 1.807) is 35.7 Å². The molecule has 0 bridgehead atoms. The number of carbonyl (C=O) groups is 1. The van der Waals surface area contributed by atoms with E-state index in [9.17, 15) is 14.4 Å². The number of aromatic nitrogens is 3. The van der Waals surface area contributed by atoms with E-state index in [1.807, 2.05) is 12.1 Å². The van der Waals surface area contributed by atoms with Crippen molar-refractivity contribution in [3.05, 3.63) is 77.9 Å². The summed E-state index contributed by atoms with van der Waals surface area (Å²) in [5.41, 5.74) is 2.84. The summed E-state index contributed by atoms with van der Waals surface area (Å²) in [6, 6.07) is 13.3. The van der Waals surface area contributed by atoms with Crippen LogP contribution < -0.4 is 10.4 Å². The van der Waals surface area contributed by atoms with Gasteiger partial charge in [-0.15, -0.1) is 11.3 Å². The molecule has 0 spiro atoms. The number of rotatable bonds is 7. The number of nitrogens with one attached hydrogen (secondary N) is 1. The number of hydrogen-bond acceptors (Lipinski definition) is 8. The Bertz CT molecular complexity index is 1350. The molecule has 2 aromatic carbocycles. The molecule has 2 amide bonds. The number of benzene rings is 2. The lowest BCUT2D eigenvalue weighted by atomic mass is 10.1. The fourth-order valence-electron chi connectivity index (χ4n) is 3.96. The molecule has 0 aliphatic carbocycles. The standard InChI is InChI=1S/C26H25FN6O3S/c27-19-4-6-20(7-5-19)30-26(34)33(35)21-3-1-2-18(16-21)25-24(22-8-10-28-17-29-22)31-23(37-25)9-11-32-12-14-36-15-13-32/h1-8,10,16-17,35H,9,11-15H2,(H,30,34). The average Bonchev–Trinajstić information content (AvgIpc) is 3.38. The molecule has 1 aliphatic rings. The number of carbonyl (C=O) groups excluding carboxylic acids is 1. The Morgan fingerprint density at radius 1 is 1.16 bits per heavy atom. The molecule has 37 heavy (non-hydrogen) atoms. The first-order valence-electron chi connectivity index (χ1n) is 11.8. The SMILES string of the molecule is O=C(Nc1ccc(F)cc1)N(O)c1cccc(-c2sc(CCN3CCOCC3)nc2-c2ccncn2)c1. The van der Waals surface area contributed by atoms with Crippen molar-refractivity contribution in [3.63, 3.8) is 0 Å². The van der Waals surface area contributed by atoms with E-state index in [0.717, 1.165) is 60.4 Å². The molecule has 5 rings (SSSR count). The van der Waals surface area contributed by atoms with Crippen molar-refractivity contribution in [2.45, 2.75) is 6.42 Å². The summed E-state index contributed by atoms with van der Waals surface area (Å²) in [4.78, 5) is 29.1. The van der Waals surface area contributed by atoms with Crippen LogP contribution in [-0.4, -0.2) is 63.9 Å². The maximum atomic E-state index is 13.2. The van der Waals surface area contributed by atoms with Crippen molar-refractivity contribution in [3.8, 4) is 21.8 Å². The molecule has 2 N–H and O–H groups in total. The third-order valence-corrected chi connectivity index (χ3v) is 7.05. The van der Waals surface area contributed by atoms with Gasteiger partial charge in [-0.2, -0.15) is 5.06 Å². The molecule has 1 aliphatic heterocycles. The van der Waals surface area contributed by atoms with Crippen LogP contribution in [0.25, 0.3) is 21.8 Å². The van der Waals surface area contributed by atoms with Gasteiger partial charge in [0.25, 0.3) is 0 Å². The maximum Gasteiger partial charge on any atom is 0.350 e. The van der Waals surface area contributed by atoms with Gasteiger partial charge in [0.05, 0.1) is 34.5 Å². The van der Waals surface area contributed by atoms with Crippen LogP contribution in [0.3, 0.4) is 0 Å². The van der Waals surface area contributed by atoms with Gasteiger partial charge in [0.1, 0.15) is 17.8 Å². The Morgan fingerprint density at radius 2 is 1.97 bits per heavy atom. The van der Waals surface area contributed by atoms with Gasteiger partial charge in [-0.05, 0) is 48.0 Å². The van der Waals surface area contributed by atoms with Crippen LogP contribution in [0.1, 0.15) is 5.01 Å². The van der Waals surface area contributed by atoms with Gasteiger partial charge in [0.15, 0.2) is 0 Å². The van der Waals surface area contributed by atoms with Gasteiger partial charge in [-0.1, -0.05) is 12.1 Å². The molecule has 0 unspecified atom stereocenters. The molecule has 3 heterocycles. The number of halogens is 1. The quantitative estimate of drug-likeness (QED) is 0.269. The largest absolute Gasteiger partial charge is 0.379 e. The van der Waals surface area contributed by atoms with E-state index in [-0.39, 0.29) is 5.69 Å². The van der Waals surface area contributed by atoms with Crippen LogP contribution >= 0.6 is 11.3 Å². The highest BCUT2D eigenvalue weighted by molar-refractivity contribution is 7.15. The molecule has 4 aromatic rings. The summed E-state index contributed by atoms with van der Waals surface area (Å²) in [5.74, 6) is -0.417. The Hall–Kier alpha value is -3.77. The van der Waals surface area contributed by atoms with Gasteiger partial charge in [-0.3, -0.25) is 10.1 Å². The molecule has 0 radical (unpaired) electrons. The minimum Gasteiger partial charge on any atom is -0.379 e. The second-order valence-corrected chi connectivity index (χ2v) is 9.47. The predicted octanol–water partition coefficient (Wildman–Crippen LogP) is 4.71. The van der Waals surface area contributed by atoms with Crippen LogP contribution in [0.2, 0.25) is 0 Å². The second-order valence-electron chi connectivity index (χ2n) is 8.38. The number of ether oxygens (including phenoxy) is 1. The maximum absolute atomic E-state index is 13.2. The van der Waals surface area contributed by atoms with E-state index in [0.29, 0.717) is 16.4 Å². The zero-order chi connectivity index (χ0) is 25.6. The smallest absolute Gasteiger partial charge is 0.350 e. The molecular formula is C26H25FN6O3S. The predicted molar refractivity (Wildman–Crippen MR) is 139 cm³/mol. The molecule has 2 aromatic heterocycles. The van der Waals surface area contributed by atoms with Crippen molar-refractivity contribution < 1.29 is 19.1 Å². The second kappa shape index (κ2) is 11.5. The Kier molecular flexibility index (Phi) is 7.76. The number of anilines is 2. The summed E-state index contributed by atoms with van der Waals surface area (Å²) in [6.45, 7) is 4.19. The van der Waals surface area contributed by atoms with Gasteiger partial charge in [0, 0.05) is 37.9 Å². The third-order valence-electron chi connectivity index (χ3n) is 5.88. The van der Waals surface area contributed by atoms with Crippen molar-refractivity contribution in [2.24, 2.45) is 0 Å². The molecule has 190 valence electrons. The van der Waals surface area contributed by atoms with Crippen LogP contribution in [-0.2, 0) is 11.2 Å². The zero-order valence-corrected chi connectivity index (χ0v) is 20.7. The number of urea groups is 1. The monoisotopic (exact) mass is 520 g/mol. The fourth-order valence-corrected chi connectivity index (χ4v) is 5.01. The van der Waals surface area contributed by atoms with E-state index < -0.39 is 11.8 Å². The molecule has 0 atom stereocenters. The highest BCUT2D eigenvalue weighted by Gasteiger charge is 2.20. The van der Waals surface area contributed by atoms with E-state index in [1.165, 1.54) is 30.6 Å².